The lowest BCUT2D eigenvalue weighted by Gasteiger charge is -2.23. The fourth-order valence-corrected chi connectivity index (χ4v) is 4.38. The zero-order valence-electron chi connectivity index (χ0n) is 25.0. The summed E-state index contributed by atoms with van der Waals surface area (Å²) in [7, 11) is 1.66. The van der Waals surface area contributed by atoms with Crippen molar-refractivity contribution in [2.45, 2.75) is 66.3 Å². The number of carbonyl (C=O) groups is 2. The Morgan fingerprint density at radius 3 is 2.10 bits per heavy atom. The van der Waals surface area contributed by atoms with Gasteiger partial charge in [-0.1, -0.05) is 36.4 Å². The van der Waals surface area contributed by atoms with Crippen molar-refractivity contribution < 1.29 is 24.2 Å². The van der Waals surface area contributed by atoms with Gasteiger partial charge < -0.3 is 19.5 Å². The maximum atomic E-state index is 11.8. The topological polar surface area (TPSA) is 76.1 Å². The van der Waals surface area contributed by atoms with E-state index in [1.807, 2.05) is 75.4 Å². The molecule has 0 aliphatic heterocycles. The molecule has 41 heavy (non-hydrogen) atoms. The Labute approximate surface area is 245 Å². The number of aryl methyl sites for hydroxylation is 2. The molecule has 0 bridgehead atoms. The molecule has 1 N–H and O–H groups in total. The molecule has 0 atom stereocenters. The number of methoxy groups -OCH3 is 1. The number of carboxylic acid groups (broad SMARTS) is 1. The van der Waals surface area contributed by atoms with Gasteiger partial charge in [-0.15, -0.1) is 12.8 Å². The van der Waals surface area contributed by atoms with Gasteiger partial charge in [0.1, 0.15) is 11.5 Å². The van der Waals surface area contributed by atoms with Crippen LogP contribution < -0.4 is 14.4 Å². The second-order valence-electron chi connectivity index (χ2n) is 10.9. The number of aliphatic carboxylic acids is 1. The van der Waals surface area contributed by atoms with Crippen LogP contribution in [-0.2, 0) is 35.4 Å². The number of nitrogens with zero attached hydrogens (tertiary/aromatic N) is 1. The molecule has 0 unspecified atom stereocenters. The summed E-state index contributed by atoms with van der Waals surface area (Å²) in [5.74, 6) is 0.547. The lowest BCUT2D eigenvalue weighted by molar-refractivity contribution is -0.143. The smallest absolute Gasteiger partial charge is 0.316 e. The van der Waals surface area contributed by atoms with E-state index in [0.717, 1.165) is 48.5 Å². The van der Waals surface area contributed by atoms with Crippen LogP contribution in [-0.4, -0.2) is 30.7 Å². The summed E-state index contributed by atoms with van der Waals surface area (Å²) in [6.07, 6.45) is 12.8. The number of terminal acetylenes is 1. The zero-order valence-corrected chi connectivity index (χ0v) is 25.0. The predicted octanol–water partition coefficient (Wildman–Crippen LogP) is 7.12. The maximum absolute atomic E-state index is 11.8. The van der Waals surface area contributed by atoms with Crippen LogP contribution >= 0.6 is 0 Å². The Balaban J connectivity index is 0.000000278. The first-order chi connectivity index (χ1) is 19.6. The van der Waals surface area contributed by atoms with Crippen molar-refractivity contribution in [2.24, 2.45) is 5.41 Å². The lowest BCUT2D eigenvalue weighted by Crippen LogP contribution is -2.25. The molecule has 4 rings (SSSR count). The van der Waals surface area contributed by atoms with Gasteiger partial charge in [0.15, 0.2) is 0 Å². The molecule has 0 spiro atoms. The lowest BCUT2D eigenvalue weighted by atomic mass is 9.91. The van der Waals surface area contributed by atoms with Gasteiger partial charge in [-0.05, 0) is 99.9 Å². The van der Waals surface area contributed by atoms with Crippen molar-refractivity contribution >= 4 is 17.6 Å². The number of benzene rings is 3. The van der Waals surface area contributed by atoms with Crippen molar-refractivity contribution in [1.29, 1.82) is 0 Å². The molecule has 0 heterocycles. The molecule has 0 aromatic heterocycles. The third-order valence-corrected chi connectivity index (χ3v) is 6.69. The van der Waals surface area contributed by atoms with Crippen LogP contribution in [0.4, 0.5) is 5.69 Å². The van der Waals surface area contributed by atoms with E-state index in [-0.39, 0.29) is 12.4 Å². The van der Waals surface area contributed by atoms with Crippen LogP contribution in [0, 0.1) is 18.3 Å². The SMILES string of the molecule is C#C.CC(C)(C)C(=O)Oc1ccc2c(c1)CCCC2.CCN(Cc1ccc(CC(=O)O)cc1)c1cccc(OC)c1. The normalized spacial score (nSPS) is 11.9. The van der Waals surface area contributed by atoms with E-state index >= 15 is 0 Å². The molecule has 3 aromatic rings. The van der Waals surface area contributed by atoms with E-state index < -0.39 is 11.4 Å². The van der Waals surface area contributed by atoms with Crippen molar-refractivity contribution in [3.05, 3.63) is 89.0 Å². The fraction of sp³-hybridized carbons (Fsp3) is 0.371. The number of carboxylic acids is 1. The van der Waals surface area contributed by atoms with E-state index in [1.54, 1.807) is 7.11 Å². The van der Waals surface area contributed by atoms with Gasteiger partial charge in [0.05, 0.1) is 18.9 Å². The molecule has 6 heteroatoms. The molecular formula is C35H43NO5. The quantitative estimate of drug-likeness (QED) is 0.181. The van der Waals surface area contributed by atoms with Crippen molar-refractivity contribution in [3.8, 4) is 24.3 Å². The molecule has 3 aromatic carbocycles. The van der Waals surface area contributed by atoms with Crippen LogP contribution in [0.15, 0.2) is 66.7 Å². The van der Waals surface area contributed by atoms with E-state index in [0.29, 0.717) is 5.75 Å². The van der Waals surface area contributed by atoms with Crippen molar-refractivity contribution in [3.63, 3.8) is 0 Å². The minimum Gasteiger partial charge on any atom is -0.497 e. The first kappa shape index (κ1) is 33.0. The summed E-state index contributed by atoms with van der Waals surface area (Å²) in [5.41, 5.74) is 5.38. The molecule has 0 amide bonds. The zero-order chi connectivity index (χ0) is 30.4. The van der Waals surface area contributed by atoms with Gasteiger partial charge in [0, 0.05) is 24.8 Å². The van der Waals surface area contributed by atoms with Crippen LogP contribution in [0.5, 0.6) is 11.5 Å². The fourth-order valence-electron chi connectivity index (χ4n) is 4.38. The van der Waals surface area contributed by atoms with Crippen LogP contribution in [0.1, 0.15) is 62.8 Å². The molecule has 218 valence electrons. The number of anilines is 1. The third-order valence-electron chi connectivity index (χ3n) is 6.69. The van der Waals surface area contributed by atoms with Crippen LogP contribution in [0.25, 0.3) is 0 Å². The highest BCUT2D eigenvalue weighted by Gasteiger charge is 2.24. The average molecular weight is 558 g/mol. The molecule has 0 saturated carbocycles. The second kappa shape index (κ2) is 16.1. The van der Waals surface area contributed by atoms with E-state index in [4.69, 9.17) is 14.6 Å². The highest BCUT2D eigenvalue weighted by molar-refractivity contribution is 5.78. The number of rotatable bonds is 8. The van der Waals surface area contributed by atoms with Gasteiger partial charge in [0.25, 0.3) is 0 Å². The Bertz CT molecular complexity index is 1290. The van der Waals surface area contributed by atoms with Crippen LogP contribution in [0.3, 0.4) is 0 Å². The Morgan fingerprint density at radius 1 is 0.878 bits per heavy atom. The molecule has 0 radical (unpaired) electrons. The Morgan fingerprint density at radius 2 is 1.51 bits per heavy atom. The van der Waals surface area contributed by atoms with E-state index in [9.17, 15) is 9.59 Å². The predicted molar refractivity (Wildman–Crippen MR) is 166 cm³/mol. The minimum atomic E-state index is -0.806. The van der Waals surface area contributed by atoms with Gasteiger partial charge in [-0.25, -0.2) is 0 Å². The Hall–Kier alpha value is -4.24. The number of esters is 1. The number of carbonyl (C=O) groups excluding carboxylic acids is 1. The monoisotopic (exact) mass is 557 g/mol. The molecule has 1 aliphatic carbocycles. The standard InChI is InChI=1S/C18H21NO3.C15H20O2.C2H2/c1-3-19(16-5-4-6-17(12-16)22-2)13-15-9-7-14(8-10-15)11-18(20)21;1-15(2,3)14(16)17-13-9-8-11-6-4-5-7-12(11)10-13;1-2/h4-10,12H,3,11,13H2,1-2H3,(H,20,21);8-10H,4-7H2,1-3H3;1-2H. The van der Waals surface area contributed by atoms with Crippen molar-refractivity contribution in [2.75, 3.05) is 18.6 Å². The molecule has 0 saturated heterocycles. The maximum Gasteiger partial charge on any atom is 0.316 e. The summed E-state index contributed by atoms with van der Waals surface area (Å²) in [4.78, 5) is 24.7. The Kier molecular flexibility index (Phi) is 13.0. The first-order valence-electron chi connectivity index (χ1n) is 13.9. The summed E-state index contributed by atoms with van der Waals surface area (Å²) >= 11 is 0. The number of fused-ring (bicyclic) bond motifs is 1. The molecule has 0 fully saturated rings. The largest absolute Gasteiger partial charge is 0.497 e. The highest BCUT2D eigenvalue weighted by Crippen LogP contribution is 2.27. The van der Waals surface area contributed by atoms with Gasteiger partial charge in [-0.2, -0.15) is 0 Å². The van der Waals surface area contributed by atoms with Gasteiger partial charge >= 0.3 is 11.9 Å². The number of ether oxygens (including phenoxy) is 2. The summed E-state index contributed by atoms with van der Waals surface area (Å²) in [6.45, 7) is 9.37. The highest BCUT2D eigenvalue weighted by atomic mass is 16.5. The van der Waals surface area contributed by atoms with Gasteiger partial charge in [0.2, 0.25) is 0 Å². The third kappa shape index (κ3) is 10.7. The summed E-state index contributed by atoms with van der Waals surface area (Å²) in [6, 6.07) is 21.7. The van der Waals surface area contributed by atoms with Crippen molar-refractivity contribution in [1.82, 2.24) is 0 Å². The molecule has 1 aliphatic rings. The van der Waals surface area contributed by atoms with Gasteiger partial charge in [-0.3, -0.25) is 9.59 Å². The minimum absolute atomic E-state index is 0.0632. The summed E-state index contributed by atoms with van der Waals surface area (Å²) < 4.78 is 10.7. The molecular weight excluding hydrogens is 514 g/mol. The molecule has 6 nitrogen and oxygen atoms in total. The van der Waals surface area contributed by atoms with E-state index in [2.05, 4.69) is 36.8 Å². The first-order valence-corrected chi connectivity index (χ1v) is 13.9. The number of hydrogen-bond donors (Lipinski definition) is 1. The van der Waals surface area contributed by atoms with E-state index in [1.165, 1.54) is 24.0 Å². The average Bonchev–Trinajstić information content (AvgIpc) is 2.97. The summed E-state index contributed by atoms with van der Waals surface area (Å²) in [5, 5.41) is 8.80. The number of hydrogen-bond acceptors (Lipinski definition) is 5. The van der Waals surface area contributed by atoms with Crippen LogP contribution in [0.2, 0.25) is 0 Å². The second-order valence-corrected chi connectivity index (χ2v) is 10.9.